The average Bonchev–Trinajstić information content (AvgIpc) is 2.58. The van der Waals surface area contributed by atoms with Crippen LogP contribution in [0, 0.1) is 5.92 Å². The third-order valence-electron chi connectivity index (χ3n) is 4.99. The van der Waals surface area contributed by atoms with Crippen LogP contribution in [0.15, 0.2) is 24.3 Å². The van der Waals surface area contributed by atoms with Crippen molar-refractivity contribution in [2.45, 2.75) is 104 Å². The molecular formula is C25H40O5. The van der Waals surface area contributed by atoms with Crippen LogP contribution in [0.2, 0.25) is 0 Å². The quantitative estimate of drug-likeness (QED) is 0.449. The number of ether oxygens (including phenoxy) is 2. The molecule has 1 N–H and O–H groups in total. The fourth-order valence-electron chi connectivity index (χ4n) is 3.01. The molecule has 0 saturated heterocycles. The Morgan fingerprint density at radius 2 is 1.20 bits per heavy atom. The van der Waals surface area contributed by atoms with E-state index >= 15 is 0 Å². The minimum absolute atomic E-state index is 0.374. The van der Waals surface area contributed by atoms with Crippen LogP contribution in [0.1, 0.15) is 108 Å². The maximum absolute atomic E-state index is 12.5. The SMILES string of the molecule is CC(C)CCCC(C)(C)OC(=O)c1ccc(C(=O)OC(C)(C)CCC(C)(C)O)cc1. The number of carbonyl (C=O) groups excluding carboxylic acids is 2. The zero-order valence-electron chi connectivity index (χ0n) is 20.0. The summed E-state index contributed by atoms with van der Waals surface area (Å²) in [6, 6.07) is 6.34. The second-order valence-electron chi connectivity index (χ2n) is 10.5. The predicted octanol–water partition coefficient (Wildman–Crippen LogP) is 5.93. The van der Waals surface area contributed by atoms with Crippen molar-refractivity contribution in [1.82, 2.24) is 0 Å². The van der Waals surface area contributed by atoms with E-state index in [9.17, 15) is 14.7 Å². The van der Waals surface area contributed by atoms with E-state index in [0.29, 0.717) is 29.9 Å². The smallest absolute Gasteiger partial charge is 0.338 e. The van der Waals surface area contributed by atoms with Gasteiger partial charge < -0.3 is 14.6 Å². The first-order valence-electron chi connectivity index (χ1n) is 10.9. The third kappa shape index (κ3) is 10.2. The van der Waals surface area contributed by atoms with Crippen LogP contribution in [-0.2, 0) is 9.47 Å². The maximum atomic E-state index is 12.5. The maximum Gasteiger partial charge on any atom is 0.338 e. The van der Waals surface area contributed by atoms with Crippen LogP contribution < -0.4 is 0 Å². The molecule has 5 heteroatoms. The molecule has 0 unspecified atom stereocenters. The third-order valence-corrected chi connectivity index (χ3v) is 4.99. The van der Waals surface area contributed by atoms with E-state index in [0.717, 1.165) is 19.3 Å². The molecule has 0 heterocycles. The van der Waals surface area contributed by atoms with Crippen LogP contribution in [0.5, 0.6) is 0 Å². The Labute approximate surface area is 182 Å². The summed E-state index contributed by atoms with van der Waals surface area (Å²) in [7, 11) is 0. The Hall–Kier alpha value is -1.88. The molecule has 30 heavy (non-hydrogen) atoms. The molecule has 1 aromatic rings. The van der Waals surface area contributed by atoms with Crippen LogP contribution in [-0.4, -0.2) is 33.8 Å². The number of carbonyl (C=O) groups is 2. The van der Waals surface area contributed by atoms with E-state index in [1.807, 2.05) is 27.7 Å². The van der Waals surface area contributed by atoms with Gasteiger partial charge >= 0.3 is 11.9 Å². The number of rotatable bonds is 11. The molecule has 0 amide bonds. The summed E-state index contributed by atoms with van der Waals surface area (Å²) in [6.07, 6.45) is 3.97. The lowest BCUT2D eigenvalue weighted by Gasteiger charge is -2.28. The van der Waals surface area contributed by atoms with Crippen molar-refractivity contribution in [1.29, 1.82) is 0 Å². The highest BCUT2D eigenvalue weighted by Crippen LogP contribution is 2.24. The standard InChI is InChI=1S/C25H40O5/c1-18(2)10-9-15-24(5,6)29-21(26)19-11-13-20(14-12-19)22(27)30-25(7,8)17-16-23(3,4)28/h11-14,18,28H,9-10,15-17H2,1-8H3. The van der Waals surface area contributed by atoms with E-state index < -0.39 is 28.7 Å². The largest absolute Gasteiger partial charge is 0.456 e. The summed E-state index contributed by atoms with van der Waals surface area (Å²) >= 11 is 0. The van der Waals surface area contributed by atoms with Gasteiger partial charge in [-0.15, -0.1) is 0 Å². The number of esters is 2. The molecule has 0 bridgehead atoms. The summed E-state index contributed by atoms with van der Waals surface area (Å²) in [4.78, 5) is 25.0. The van der Waals surface area contributed by atoms with Gasteiger partial charge in [-0.1, -0.05) is 20.3 Å². The Morgan fingerprint density at radius 1 is 0.800 bits per heavy atom. The van der Waals surface area contributed by atoms with Gasteiger partial charge in [-0.3, -0.25) is 0 Å². The van der Waals surface area contributed by atoms with Gasteiger partial charge in [0.1, 0.15) is 11.2 Å². The minimum Gasteiger partial charge on any atom is -0.456 e. The first-order valence-corrected chi connectivity index (χ1v) is 10.9. The number of hydrogen-bond acceptors (Lipinski definition) is 5. The first-order chi connectivity index (χ1) is 13.6. The lowest BCUT2D eigenvalue weighted by molar-refractivity contribution is -0.0198. The van der Waals surface area contributed by atoms with Crippen molar-refractivity contribution in [3.8, 4) is 0 Å². The van der Waals surface area contributed by atoms with Gasteiger partial charge in [-0.2, -0.15) is 0 Å². The van der Waals surface area contributed by atoms with Crippen LogP contribution >= 0.6 is 0 Å². The Bertz CT molecular complexity index is 693. The molecule has 0 aliphatic heterocycles. The predicted molar refractivity (Wildman–Crippen MR) is 120 cm³/mol. The van der Waals surface area contributed by atoms with E-state index in [1.165, 1.54) is 0 Å². The van der Waals surface area contributed by atoms with E-state index in [2.05, 4.69) is 13.8 Å². The molecule has 1 aromatic carbocycles. The number of aliphatic hydroxyl groups is 1. The van der Waals surface area contributed by atoms with Gasteiger partial charge in [-0.25, -0.2) is 9.59 Å². The highest BCUT2D eigenvalue weighted by Gasteiger charge is 2.27. The molecule has 0 aliphatic rings. The molecule has 0 radical (unpaired) electrons. The molecular weight excluding hydrogens is 380 g/mol. The highest BCUT2D eigenvalue weighted by molar-refractivity contribution is 5.93. The minimum atomic E-state index is -0.811. The zero-order valence-corrected chi connectivity index (χ0v) is 20.0. The van der Waals surface area contributed by atoms with Gasteiger partial charge in [0.25, 0.3) is 0 Å². The molecule has 5 nitrogen and oxygen atoms in total. The van der Waals surface area contributed by atoms with Gasteiger partial charge in [0.05, 0.1) is 16.7 Å². The molecule has 0 spiro atoms. The monoisotopic (exact) mass is 420 g/mol. The van der Waals surface area contributed by atoms with Crippen LogP contribution in [0.4, 0.5) is 0 Å². The summed E-state index contributed by atoms with van der Waals surface area (Å²) in [5.41, 5.74) is -1.26. The lowest BCUT2D eigenvalue weighted by atomic mass is 9.94. The highest BCUT2D eigenvalue weighted by atomic mass is 16.6. The molecule has 0 atom stereocenters. The Morgan fingerprint density at radius 3 is 1.57 bits per heavy atom. The molecule has 1 rings (SSSR count). The van der Waals surface area contributed by atoms with Crippen molar-refractivity contribution >= 4 is 11.9 Å². The van der Waals surface area contributed by atoms with Gasteiger partial charge in [-0.05, 0) is 97.4 Å². The number of benzene rings is 1. The zero-order chi connectivity index (χ0) is 23.2. The second-order valence-corrected chi connectivity index (χ2v) is 10.5. The van der Waals surface area contributed by atoms with Crippen molar-refractivity contribution in [3.63, 3.8) is 0 Å². The number of hydrogen-bond donors (Lipinski definition) is 1. The molecule has 0 saturated carbocycles. The van der Waals surface area contributed by atoms with Crippen molar-refractivity contribution in [3.05, 3.63) is 35.4 Å². The van der Waals surface area contributed by atoms with E-state index in [-0.39, 0.29) is 0 Å². The summed E-state index contributed by atoms with van der Waals surface area (Å²) in [5, 5.41) is 9.88. The van der Waals surface area contributed by atoms with Crippen molar-refractivity contribution < 1.29 is 24.2 Å². The van der Waals surface area contributed by atoms with Crippen LogP contribution in [0.3, 0.4) is 0 Å². The van der Waals surface area contributed by atoms with Gasteiger partial charge in [0.15, 0.2) is 0 Å². The molecule has 170 valence electrons. The lowest BCUT2D eigenvalue weighted by Crippen LogP contribution is -2.31. The Balaban J connectivity index is 2.67. The van der Waals surface area contributed by atoms with Crippen LogP contribution in [0.25, 0.3) is 0 Å². The summed E-state index contributed by atoms with van der Waals surface area (Å²) in [6.45, 7) is 15.3. The second kappa shape index (κ2) is 10.4. The average molecular weight is 421 g/mol. The van der Waals surface area contributed by atoms with Crippen molar-refractivity contribution in [2.24, 2.45) is 5.92 Å². The topological polar surface area (TPSA) is 72.8 Å². The first kappa shape index (κ1) is 26.2. The van der Waals surface area contributed by atoms with E-state index in [4.69, 9.17) is 9.47 Å². The fraction of sp³-hybridized carbons (Fsp3) is 0.680. The molecule has 0 aromatic heterocycles. The molecule has 0 fully saturated rings. The van der Waals surface area contributed by atoms with Gasteiger partial charge in [0.2, 0.25) is 0 Å². The normalized spacial score (nSPS) is 12.7. The van der Waals surface area contributed by atoms with Gasteiger partial charge in [0, 0.05) is 0 Å². The Kier molecular flexibility index (Phi) is 9.09. The summed E-state index contributed by atoms with van der Waals surface area (Å²) < 4.78 is 11.3. The van der Waals surface area contributed by atoms with Crippen molar-refractivity contribution in [2.75, 3.05) is 0 Å². The molecule has 0 aliphatic carbocycles. The van der Waals surface area contributed by atoms with E-state index in [1.54, 1.807) is 38.1 Å². The summed E-state index contributed by atoms with van der Waals surface area (Å²) in [5.74, 6) is -0.219. The fourth-order valence-corrected chi connectivity index (χ4v) is 3.01.